The minimum absolute atomic E-state index is 0.0292. The van der Waals surface area contributed by atoms with E-state index in [9.17, 15) is 14.7 Å². The largest absolute Gasteiger partial charge is 0.505 e. The van der Waals surface area contributed by atoms with Crippen LogP contribution in [0.15, 0.2) is 52.8 Å². The number of aryl methyl sites for hydroxylation is 1. The van der Waals surface area contributed by atoms with Crippen molar-refractivity contribution in [2.75, 3.05) is 26.2 Å². The predicted molar refractivity (Wildman–Crippen MR) is 120 cm³/mol. The molecule has 4 rings (SSSR count). The molecule has 1 fully saturated rings. The summed E-state index contributed by atoms with van der Waals surface area (Å²) in [6.07, 6.45) is 3.98. The molecule has 1 amide bonds. The summed E-state index contributed by atoms with van der Waals surface area (Å²) in [4.78, 5) is 34.4. The summed E-state index contributed by atoms with van der Waals surface area (Å²) in [6, 6.07) is 8.15. The first-order chi connectivity index (χ1) is 15.5. The fourth-order valence-electron chi connectivity index (χ4n) is 4.38. The third-order valence-corrected chi connectivity index (χ3v) is 6.05. The fourth-order valence-corrected chi connectivity index (χ4v) is 4.38. The second-order valence-electron chi connectivity index (χ2n) is 7.86. The number of furan rings is 1. The van der Waals surface area contributed by atoms with E-state index in [1.54, 1.807) is 29.7 Å². The smallest absolute Gasteiger partial charge is 0.295 e. The molecule has 1 saturated heterocycles. The molecule has 3 aromatic heterocycles. The molecule has 8 heteroatoms. The molecule has 1 aliphatic rings. The Morgan fingerprint density at radius 1 is 1.19 bits per heavy atom. The first-order valence-electron chi connectivity index (χ1n) is 11.0. The van der Waals surface area contributed by atoms with Crippen LogP contribution in [-0.4, -0.2) is 62.2 Å². The number of rotatable bonds is 8. The Kier molecular flexibility index (Phi) is 6.14. The normalized spacial score (nSPS) is 18.4. The van der Waals surface area contributed by atoms with Gasteiger partial charge in [0, 0.05) is 12.7 Å². The van der Waals surface area contributed by atoms with Crippen LogP contribution in [0.3, 0.4) is 0 Å². The van der Waals surface area contributed by atoms with Crippen LogP contribution in [0.5, 0.6) is 0 Å². The van der Waals surface area contributed by atoms with Gasteiger partial charge in [0.25, 0.3) is 11.7 Å². The van der Waals surface area contributed by atoms with E-state index in [2.05, 4.69) is 23.7 Å². The van der Waals surface area contributed by atoms with Crippen molar-refractivity contribution in [3.8, 4) is 0 Å². The number of hydrogen-bond acceptors (Lipinski definition) is 6. The number of nitrogens with zero attached hydrogens (tertiary/aromatic N) is 4. The van der Waals surface area contributed by atoms with Crippen LogP contribution in [0, 0.1) is 6.92 Å². The maximum absolute atomic E-state index is 13.1. The lowest BCUT2D eigenvalue weighted by molar-refractivity contribution is -0.140. The summed E-state index contributed by atoms with van der Waals surface area (Å²) in [5, 5.41) is 11.3. The molecule has 0 unspecified atom stereocenters. The van der Waals surface area contributed by atoms with Crippen LogP contribution < -0.4 is 0 Å². The topological polar surface area (TPSA) is 91.3 Å². The van der Waals surface area contributed by atoms with Gasteiger partial charge in [0.15, 0.2) is 5.76 Å². The summed E-state index contributed by atoms with van der Waals surface area (Å²) < 4.78 is 7.33. The lowest BCUT2D eigenvalue weighted by Gasteiger charge is -2.25. The van der Waals surface area contributed by atoms with Gasteiger partial charge in [-0.15, -0.1) is 0 Å². The van der Waals surface area contributed by atoms with Crippen molar-refractivity contribution in [3.63, 3.8) is 0 Å². The molecule has 3 aromatic rings. The van der Waals surface area contributed by atoms with Crippen LogP contribution in [0.1, 0.15) is 43.5 Å². The molecule has 1 aliphatic heterocycles. The number of aromatic nitrogens is 2. The van der Waals surface area contributed by atoms with Gasteiger partial charge in [-0.1, -0.05) is 19.9 Å². The van der Waals surface area contributed by atoms with Gasteiger partial charge in [-0.05, 0) is 57.2 Å². The van der Waals surface area contributed by atoms with Crippen LogP contribution in [0.2, 0.25) is 0 Å². The Labute approximate surface area is 186 Å². The third kappa shape index (κ3) is 3.71. The van der Waals surface area contributed by atoms with Crippen LogP contribution in [0.4, 0.5) is 0 Å². The Balaban J connectivity index is 1.77. The van der Waals surface area contributed by atoms with Crippen LogP contribution >= 0.6 is 0 Å². The van der Waals surface area contributed by atoms with Crippen molar-refractivity contribution in [1.82, 2.24) is 19.2 Å². The van der Waals surface area contributed by atoms with Crippen molar-refractivity contribution in [2.24, 2.45) is 0 Å². The molecule has 0 aromatic carbocycles. The van der Waals surface area contributed by atoms with E-state index in [1.807, 2.05) is 18.2 Å². The Morgan fingerprint density at radius 2 is 1.97 bits per heavy atom. The highest BCUT2D eigenvalue weighted by Gasteiger charge is 2.47. The van der Waals surface area contributed by atoms with Crippen molar-refractivity contribution in [3.05, 3.63) is 65.5 Å². The van der Waals surface area contributed by atoms with E-state index in [4.69, 9.17) is 4.42 Å². The first-order valence-corrected chi connectivity index (χ1v) is 11.0. The maximum atomic E-state index is 13.1. The van der Waals surface area contributed by atoms with Crippen molar-refractivity contribution in [2.45, 2.75) is 33.2 Å². The average Bonchev–Trinajstić information content (AvgIpc) is 3.49. The molecule has 0 radical (unpaired) electrons. The van der Waals surface area contributed by atoms with E-state index in [0.717, 1.165) is 19.6 Å². The number of likely N-dealkylation sites (tertiary alicyclic amines) is 1. The van der Waals surface area contributed by atoms with E-state index < -0.39 is 17.7 Å². The third-order valence-electron chi connectivity index (χ3n) is 6.05. The maximum Gasteiger partial charge on any atom is 0.295 e. The summed E-state index contributed by atoms with van der Waals surface area (Å²) in [7, 11) is 0. The lowest BCUT2D eigenvalue weighted by atomic mass is 10.0. The van der Waals surface area contributed by atoms with Gasteiger partial charge in [-0.2, -0.15) is 0 Å². The van der Waals surface area contributed by atoms with E-state index in [1.165, 1.54) is 11.2 Å². The number of carbonyl (C=O) groups excluding carboxylic acids is 2. The van der Waals surface area contributed by atoms with E-state index in [-0.39, 0.29) is 11.3 Å². The minimum Gasteiger partial charge on any atom is -0.505 e. The zero-order valence-corrected chi connectivity index (χ0v) is 18.6. The van der Waals surface area contributed by atoms with Crippen molar-refractivity contribution in [1.29, 1.82) is 0 Å². The van der Waals surface area contributed by atoms with Gasteiger partial charge in [0.05, 0.1) is 17.5 Å². The summed E-state index contributed by atoms with van der Waals surface area (Å²) in [6.45, 7) is 9.00. The average molecular weight is 437 g/mol. The highest BCUT2D eigenvalue weighted by atomic mass is 16.3. The number of hydrogen-bond donors (Lipinski definition) is 1. The van der Waals surface area contributed by atoms with Gasteiger partial charge in [0.2, 0.25) is 0 Å². The number of aliphatic hydroxyl groups is 1. The number of Topliss-reactive ketones (excluding diaryl/α,β-unsaturated/α-hetero) is 1. The van der Waals surface area contributed by atoms with Gasteiger partial charge < -0.3 is 19.3 Å². The monoisotopic (exact) mass is 436 g/mol. The van der Waals surface area contributed by atoms with Gasteiger partial charge in [-0.3, -0.25) is 14.0 Å². The molecule has 0 bridgehead atoms. The quantitative estimate of drug-likeness (QED) is 0.331. The number of ketones is 1. The molecule has 0 aliphatic carbocycles. The Morgan fingerprint density at radius 3 is 2.66 bits per heavy atom. The molecule has 32 heavy (non-hydrogen) atoms. The highest BCUT2D eigenvalue weighted by Crippen LogP contribution is 2.40. The molecule has 4 heterocycles. The van der Waals surface area contributed by atoms with E-state index in [0.29, 0.717) is 35.8 Å². The summed E-state index contributed by atoms with van der Waals surface area (Å²) >= 11 is 0. The Bertz CT molecular complexity index is 1160. The standard InChI is InChI=1S/C24H28N4O4/c1-4-26(5-2)12-9-14-28-21(17-10-8-15-32-17)19(23(30)24(28)31)22(29)20-16(3)25-18-11-6-7-13-27(18)20/h6-8,10-11,13,15,21,29H,4-5,9,12,14H2,1-3H3/t21-/m0/s1. The van der Waals surface area contributed by atoms with Crippen LogP contribution in [-0.2, 0) is 9.59 Å². The van der Waals surface area contributed by atoms with Gasteiger partial charge >= 0.3 is 0 Å². The fraction of sp³-hybridized carbons (Fsp3) is 0.375. The number of pyridine rings is 1. The molecular formula is C24H28N4O4. The van der Waals surface area contributed by atoms with Gasteiger partial charge in [0.1, 0.15) is 23.1 Å². The zero-order chi connectivity index (χ0) is 22.8. The predicted octanol–water partition coefficient (Wildman–Crippen LogP) is 3.39. The minimum atomic E-state index is -0.782. The number of imidazole rings is 1. The molecule has 0 saturated carbocycles. The number of carbonyl (C=O) groups is 2. The molecular weight excluding hydrogens is 408 g/mol. The lowest BCUT2D eigenvalue weighted by Crippen LogP contribution is -2.33. The van der Waals surface area contributed by atoms with Crippen LogP contribution in [0.25, 0.3) is 11.4 Å². The number of amides is 1. The second-order valence-corrected chi connectivity index (χ2v) is 7.86. The first kappa shape index (κ1) is 21.8. The molecule has 1 atom stereocenters. The second kappa shape index (κ2) is 9.00. The van der Waals surface area contributed by atoms with Gasteiger partial charge in [-0.25, -0.2) is 4.98 Å². The van der Waals surface area contributed by atoms with Crippen molar-refractivity contribution >= 4 is 23.1 Å². The Hall–Kier alpha value is -3.39. The summed E-state index contributed by atoms with van der Waals surface area (Å²) in [5.41, 5.74) is 1.65. The summed E-state index contributed by atoms with van der Waals surface area (Å²) in [5.74, 6) is -1.14. The number of fused-ring (bicyclic) bond motifs is 1. The molecule has 168 valence electrons. The SMILES string of the molecule is CCN(CC)CCCN1C(=O)C(=O)C(=C(O)c2c(C)nc3ccccn23)[C@@H]1c1ccco1. The highest BCUT2D eigenvalue weighted by molar-refractivity contribution is 6.46. The van der Waals surface area contributed by atoms with Crippen molar-refractivity contribution < 1.29 is 19.1 Å². The molecule has 8 nitrogen and oxygen atoms in total. The zero-order valence-electron chi connectivity index (χ0n) is 18.6. The molecule has 1 N–H and O–H groups in total. The van der Waals surface area contributed by atoms with E-state index >= 15 is 0 Å². The molecule has 0 spiro atoms. The number of aliphatic hydroxyl groups excluding tert-OH is 1.